The van der Waals surface area contributed by atoms with Crippen LogP contribution in [-0.4, -0.2) is 10.9 Å². The van der Waals surface area contributed by atoms with Gasteiger partial charge in [0, 0.05) is 16.6 Å². The summed E-state index contributed by atoms with van der Waals surface area (Å²) in [5.74, 6) is -0.886. The maximum absolute atomic E-state index is 12.9. The highest BCUT2D eigenvalue weighted by Gasteiger charge is 2.09. The Bertz CT molecular complexity index is 813. The van der Waals surface area contributed by atoms with Gasteiger partial charge in [-0.3, -0.25) is 4.79 Å². The average Bonchev–Trinajstić information content (AvgIpc) is 2.98. The van der Waals surface area contributed by atoms with E-state index < -0.39 is 0 Å². The lowest BCUT2D eigenvalue weighted by Crippen LogP contribution is -2.14. The van der Waals surface area contributed by atoms with E-state index in [0.717, 1.165) is 10.6 Å². The Hall–Kier alpha value is -2.60. The first-order valence-corrected chi connectivity index (χ1v) is 7.74. The van der Waals surface area contributed by atoms with Crippen LogP contribution in [0.3, 0.4) is 0 Å². The molecule has 0 radical (unpaired) electrons. The molecule has 0 unspecified atom stereocenters. The quantitative estimate of drug-likeness (QED) is 0.776. The fourth-order valence-electron chi connectivity index (χ4n) is 2.02. The van der Waals surface area contributed by atoms with E-state index in [1.54, 1.807) is 17.5 Å². The molecule has 0 spiro atoms. The highest BCUT2D eigenvalue weighted by molar-refractivity contribution is 7.13. The van der Waals surface area contributed by atoms with Crippen molar-refractivity contribution in [2.75, 3.05) is 5.32 Å². The number of hydrogen-bond acceptors (Lipinski definition) is 3. The fraction of sp³-hybridized carbons (Fsp3) is 0.0588. The summed E-state index contributed by atoms with van der Waals surface area (Å²) in [5.41, 5.74) is 1.97. The number of carbonyl (C=O) groups excluding carboxylic acids is 1. The van der Waals surface area contributed by atoms with E-state index in [-0.39, 0.29) is 24.0 Å². The molecule has 116 valence electrons. The molecule has 1 amide bonds. The highest BCUT2D eigenvalue weighted by atomic mass is 32.1. The second-order valence-electron chi connectivity index (χ2n) is 4.88. The summed E-state index contributed by atoms with van der Waals surface area (Å²) in [7, 11) is 0. The highest BCUT2D eigenvalue weighted by Crippen LogP contribution is 2.24. The molecule has 3 aromatic rings. The first-order valence-electron chi connectivity index (χ1n) is 6.86. The number of hydrogen-bond donors (Lipinski definition) is 1. The van der Waals surface area contributed by atoms with E-state index >= 15 is 0 Å². The molecular formula is C17H12F2N2OS. The largest absolute Gasteiger partial charge is 0.326 e. The summed E-state index contributed by atoms with van der Waals surface area (Å²) < 4.78 is 25.7. The molecule has 3 nitrogen and oxygen atoms in total. The maximum atomic E-state index is 12.9. The predicted molar refractivity (Wildman–Crippen MR) is 86.2 cm³/mol. The number of nitrogens with one attached hydrogen (secondary N) is 1. The second-order valence-corrected chi connectivity index (χ2v) is 5.74. The van der Waals surface area contributed by atoms with Gasteiger partial charge in [0.15, 0.2) is 0 Å². The standard InChI is InChI=1S/C17H12F2N2OS/c18-12-3-1-11(2-4-12)17-21-15(10-23-17)9-16(22)20-14-7-5-13(19)6-8-14/h1-8,10H,9H2,(H,20,22). The van der Waals surface area contributed by atoms with Gasteiger partial charge in [0.05, 0.1) is 12.1 Å². The SMILES string of the molecule is O=C(Cc1csc(-c2ccc(F)cc2)n1)Nc1ccc(F)cc1. The minimum absolute atomic E-state index is 0.120. The number of carbonyl (C=O) groups is 1. The zero-order valence-corrected chi connectivity index (χ0v) is 12.7. The Balaban J connectivity index is 1.65. The molecule has 0 aliphatic heterocycles. The topological polar surface area (TPSA) is 42.0 Å². The number of nitrogens with zero attached hydrogens (tertiary/aromatic N) is 1. The lowest BCUT2D eigenvalue weighted by molar-refractivity contribution is -0.115. The Morgan fingerprint density at radius 2 is 1.61 bits per heavy atom. The zero-order valence-electron chi connectivity index (χ0n) is 11.9. The second kappa shape index (κ2) is 6.66. The van der Waals surface area contributed by atoms with Gasteiger partial charge >= 0.3 is 0 Å². The molecule has 6 heteroatoms. The van der Waals surface area contributed by atoms with E-state index in [1.807, 2.05) is 0 Å². The Morgan fingerprint density at radius 3 is 2.26 bits per heavy atom. The molecule has 3 rings (SSSR count). The summed E-state index contributed by atoms with van der Waals surface area (Å²) in [4.78, 5) is 16.3. The van der Waals surface area contributed by atoms with Gasteiger partial charge in [-0.05, 0) is 48.5 Å². The van der Waals surface area contributed by atoms with Gasteiger partial charge in [-0.25, -0.2) is 13.8 Å². The third-order valence-corrected chi connectivity index (χ3v) is 4.05. The zero-order chi connectivity index (χ0) is 16.2. The number of halogens is 2. The minimum atomic E-state index is -0.355. The van der Waals surface area contributed by atoms with Crippen molar-refractivity contribution in [2.24, 2.45) is 0 Å². The third-order valence-electron chi connectivity index (χ3n) is 3.11. The Labute approximate surface area is 135 Å². The smallest absolute Gasteiger partial charge is 0.230 e. The summed E-state index contributed by atoms with van der Waals surface area (Å²) >= 11 is 1.40. The van der Waals surface area contributed by atoms with Crippen LogP contribution >= 0.6 is 11.3 Å². The van der Waals surface area contributed by atoms with Crippen LogP contribution in [0.25, 0.3) is 10.6 Å². The molecular weight excluding hydrogens is 318 g/mol. The van der Waals surface area contributed by atoms with E-state index in [2.05, 4.69) is 10.3 Å². The Kier molecular flexibility index (Phi) is 4.43. The first-order chi connectivity index (χ1) is 11.1. The van der Waals surface area contributed by atoms with Crippen molar-refractivity contribution in [2.45, 2.75) is 6.42 Å². The lowest BCUT2D eigenvalue weighted by Gasteiger charge is -2.03. The molecule has 0 saturated carbocycles. The van der Waals surface area contributed by atoms with Crippen LogP contribution in [-0.2, 0) is 11.2 Å². The molecule has 0 aliphatic carbocycles. The van der Waals surface area contributed by atoms with Gasteiger partial charge in [0.1, 0.15) is 16.6 Å². The number of rotatable bonds is 4. The van der Waals surface area contributed by atoms with Gasteiger partial charge in [-0.15, -0.1) is 11.3 Å². The number of amides is 1. The molecule has 1 heterocycles. The van der Waals surface area contributed by atoms with Crippen molar-refractivity contribution in [3.8, 4) is 10.6 Å². The van der Waals surface area contributed by atoms with E-state index in [9.17, 15) is 13.6 Å². The average molecular weight is 330 g/mol. The van der Waals surface area contributed by atoms with Crippen LogP contribution in [0.4, 0.5) is 14.5 Å². The van der Waals surface area contributed by atoms with Crippen molar-refractivity contribution < 1.29 is 13.6 Å². The lowest BCUT2D eigenvalue weighted by atomic mass is 10.2. The van der Waals surface area contributed by atoms with Gasteiger partial charge < -0.3 is 5.32 Å². The molecule has 0 fully saturated rings. The predicted octanol–water partition coefficient (Wildman–Crippen LogP) is 4.27. The normalized spacial score (nSPS) is 10.5. The van der Waals surface area contributed by atoms with Crippen LogP contribution in [0.15, 0.2) is 53.9 Å². The summed E-state index contributed by atoms with van der Waals surface area (Å²) in [6.07, 6.45) is 0.120. The van der Waals surface area contributed by atoms with Crippen LogP contribution in [0, 0.1) is 11.6 Å². The summed E-state index contributed by atoms with van der Waals surface area (Å²) in [6, 6.07) is 11.6. The van der Waals surface area contributed by atoms with Gasteiger partial charge in [0.25, 0.3) is 0 Å². The van der Waals surface area contributed by atoms with Crippen LogP contribution in [0.2, 0.25) is 0 Å². The number of anilines is 1. The number of aromatic nitrogens is 1. The molecule has 0 bridgehead atoms. The van der Waals surface area contributed by atoms with Gasteiger partial charge in [0.2, 0.25) is 5.91 Å². The maximum Gasteiger partial charge on any atom is 0.230 e. The number of benzene rings is 2. The molecule has 1 N–H and O–H groups in total. The monoisotopic (exact) mass is 330 g/mol. The summed E-state index contributed by atoms with van der Waals surface area (Å²) in [5, 5.41) is 5.21. The van der Waals surface area contributed by atoms with Crippen LogP contribution in [0.1, 0.15) is 5.69 Å². The first kappa shape index (κ1) is 15.3. The van der Waals surface area contributed by atoms with Crippen LogP contribution < -0.4 is 5.32 Å². The fourth-order valence-corrected chi connectivity index (χ4v) is 2.84. The molecule has 2 aromatic carbocycles. The Morgan fingerprint density at radius 1 is 1.00 bits per heavy atom. The van der Waals surface area contributed by atoms with Crippen molar-refractivity contribution in [1.82, 2.24) is 4.98 Å². The van der Waals surface area contributed by atoms with Crippen molar-refractivity contribution in [1.29, 1.82) is 0 Å². The van der Waals surface area contributed by atoms with Gasteiger partial charge in [-0.2, -0.15) is 0 Å². The van der Waals surface area contributed by atoms with E-state index in [0.29, 0.717) is 11.4 Å². The number of thiazole rings is 1. The molecule has 23 heavy (non-hydrogen) atoms. The molecule has 0 atom stereocenters. The molecule has 0 saturated heterocycles. The molecule has 1 aromatic heterocycles. The summed E-state index contributed by atoms with van der Waals surface area (Å²) in [6.45, 7) is 0. The van der Waals surface area contributed by atoms with Crippen molar-refractivity contribution in [3.63, 3.8) is 0 Å². The third kappa shape index (κ3) is 3.98. The van der Waals surface area contributed by atoms with Crippen molar-refractivity contribution >= 4 is 22.9 Å². The van der Waals surface area contributed by atoms with Crippen LogP contribution in [0.5, 0.6) is 0 Å². The minimum Gasteiger partial charge on any atom is -0.326 e. The molecule has 0 aliphatic rings. The van der Waals surface area contributed by atoms with E-state index in [1.165, 1.54) is 47.7 Å². The van der Waals surface area contributed by atoms with Gasteiger partial charge in [-0.1, -0.05) is 0 Å². The van der Waals surface area contributed by atoms with Crippen molar-refractivity contribution in [3.05, 3.63) is 71.2 Å². The van der Waals surface area contributed by atoms with E-state index in [4.69, 9.17) is 0 Å².